The first-order valence-corrected chi connectivity index (χ1v) is 6.32. The summed E-state index contributed by atoms with van der Waals surface area (Å²) in [6, 6.07) is 16.6. The van der Waals surface area contributed by atoms with E-state index in [4.69, 9.17) is 9.47 Å². The summed E-state index contributed by atoms with van der Waals surface area (Å²) in [4.78, 5) is 0. The lowest BCUT2D eigenvalue weighted by atomic mass is 9.94. The van der Waals surface area contributed by atoms with Crippen LogP contribution in [-0.2, 0) is 24.2 Å². The molecule has 18 heavy (non-hydrogen) atoms. The van der Waals surface area contributed by atoms with Gasteiger partial charge in [-0.05, 0) is 17.2 Å². The Labute approximate surface area is 106 Å². The third-order valence-corrected chi connectivity index (χ3v) is 3.80. The normalized spacial score (nSPS) is 24.4. The molecule has 2 nitrogen and oxygen atoms in total. The molecular weight excluding hydrogens is 224 g/mol. The topological polar surface area (TPSA) is 18.5 Å². The third kappa shape index (κ3) is 1.46. The van der Waals surface area contributed by atoms with E-state index in [-0.39, 0.29) is 0 Å². The molecule has 2 heteroatoms. The van der Waals surface area contributed by atoms with Gasteiger partial charge in [0.15, 0.2) is 0 Å². The van der Waals surface area contributed by atoms with Gasteiger partial charge in [-0.3, -0.25) is 0 Å². The predicted molar refractivity (Wildman–Crippen MR) is 68.4 cm³/mol. The van der Waals surface area contributed by atoms with Crippen LogP contribution in [0, 0.1) is 0 Å². The average Bonchev–Trinajstić information content (AvgIpc) is 2.76. The molecule has 2 heterocycles. The highest BCUT2D eigenvalue weighted by Gasteiger charge is 2.43. The van der Waals surface area contributed by atoms with Crippen molar-refractivity contribution in [2.45, 2.75) is 25.2 Å². The number of hydrogen-bond acceptors (Lipinski definition) is 2. The summed E-state index contributed by atoms with van der Waals surface area (Å²) in [5.41, 5.74) is 3.87. The maximum absolute atomic E-state index is 6.07. The molecule has 0 radical (unpaired) electrons. The highest BCUT2D eigenvalue weighted by molar-refractivity contribution is 5.40. The minimum absolute atomic E-state index is 0.474. The summed E-state index contributed by atoms with van der Waals surface area (Å²) in [5.74, 6) is 0.495. The number of rotatable bonds is 0. The van der Waals surface area contributed by atoms with Crippen LogP contribution in [0.5, 0.6) is 5.75 Å². The standard InChI is InChI=1S/C16H14O2/c1-2-7-14-11-17-16(9-12(14)5-1)10-13-6-3-4-8-15(13)18-16/h1-8H,9-11H2. The molecule has 0 aliphatic carbocycles. The molecule has 0 saturated carbocycles. The predicted octanol–water partition coefficient (Wildman–Crippen LogP) is 3.09. The van der Waals surface area contributed by atoms with Gasteiger partial charge in [-0.2, -0.15) is 0 Å². The maximum Gasteiger partial charge on any atom is 0.219 e. The highest BCUT2D eigenvalue weighted by atomic mass is 16.7. The van der Waals surface area contributed by atoms with Crippen molar-refractivity contribution < 1.29 is 9.47 Å². The molecule has 1 unspecified atom stereocenters. The second kappa shape index (κ2) is 3.59. The Hall–Kier alpha value is -1.80. The van der Waals surface area contributed by atoms with Crippen LogP contribution in [0.4, 0.5) is 0 Å². The van der Waals surface area contributed by atoms with Gasteiger partial charge in [-0.15, -0.1) is 0 Å². The SMILES string of the molecule is c1ccc2c(c1)COC1(C2)Cc2ccccc2O1. The summed E-state index contributed by atoms with van der Waals surface area (Å²) in [7, 11) is 0. The molecule has 2 aliphatic rings. The van der Waals surface area contributed by atoms with Crippen LogP contribution in [0.25, 0.3) is 0 Å². The van der Waals surface area contributed by atoms with Crippen molar-refractivity contribution >= 4 is 0 Å². The largest absolute Gasteiger partial charge is 0.461 e. The molecule has 4 rings (SSSR count). The van der Waals surface area contributed by atoms with E-state index >= 15 is 0 Å². The second-order valence-corrected chi connectivity index (χ2v) is 5.03. The van der Waals surface area contributed by atoms with E-state index in [1.165, 1.54) is 16.7 Å². The van der Waals surface area contributed by atoms with Crippen molar-refractivity contribution in [3.05, 3.63) is 65.2 Å². The Balaban J connectivity index is 1.70. The molecular formula is C16H14O2. The van der Waals surface area contributed by atoms with Crippen LogP contribution in [0.2, 0.25) is 0 Å². The smallest absolute Gasteiger partial charge is 0.219 e. The number of fused-ring (bicyclic) bond motifs is 2. The summed E-state index contributed by atoms with van der Waals surface area (Å²) < 4.78 is 12.1. The average molecular weight is 238 g/mol. The maximum atomic E-state index is 6.07. The monoisotopic (exact) mass is 238 g/mol. The molecule has 0 fully saturated rings. The zero-order valence-electron chi connectivity index (χ0n) is 10.1. The Morgan fingerprint density at radius 3 is 2.28 bits per heavy atom. The highest BCUT2D eigenvalue weighted by Crippen LogP contribution is 2.40. The van der Waals surface area contributed by atoms with Gasteiger partial charge in [0, 0.05) is 18.4 Å². The minimum Gasteiger partial charge on any atom is -0.461 e. The van der Waals surface area contributed by atoms with Gasteiger partial charge in [0.05, 0.1) is 6.61 Å². The second-order valence-electron chi connectivity index (χ2n) is 5.03. The first-order valence-electron chi connectivity index (χ1n) is 6.32. The van der Waals surface area contributed by atoms with E-state index in [1.54, 1.807) is 0 Å². The molecule has 2 aromatic rings. The molecule has 90 valence electrons. The lowest BCUT2D eigenvalue weighted by molar-refractivity contribution is -0.185. The summed E-state index contributed by atoms with van der Waals surface area (Å²) in [6.45, 7) is 0.643. The van der Waals surface area contributed by atoms with Gasteiger partial charge < -0.3 is 9.47 Å². The Bertz CT molecular complexity index is 579. The van der Waals surface area contributed by atoms with Crippen LogP contribution in [-0.4, -0.2) is 5.79 Å². The van der Waals surface area contributed by atoms with Crippen LogP contribution in [0.3, 0.4) is 0 Å². The summed E-state index contributed by atoms with van der Waals surface area (Å²) in [5, 5.41) is 0. The van der Waals surface area contributed by atoms with Crippen LogP contribution in [0.15, 0.2) is 48.5 Å². The van der Waals surface area contributed by atoms with E-state index in [2.05, 4.69) is 36.4 Å². The van der Waals surface area contributed by atoms with Crippen molar-refractivity contribution in [2.75, 3.05) is 0 Å². The van der Waals surface area contributed by atoms with E-state index in [0.717, 1.165) is 18.6 Å². The van der Waals surface area contributed by atoms with E-state index in [9.17, 15) is 0 Å². The van der Waals surface area contributed by atoms with Crippen LogP contribution >= 0.6 is 0 Å². The van der Waals surface area contributed by atoms with Gasteiger partial charge in [0.25, 0.3) is 0 Å². The Morgan fingerprint density at radius 1 is 0.778 bits per heavy atom. The van der Waals surface area contributed by atoms with Gasteiger partial charge in [0.2, 0.25) is 5.79 Å². The van der Waals surface area contributed by atoms with Crippen molar-refractivity contribution in [3.8, 4) is 5.75 Å². The molecule has 0 bridgehead atoms. The minimum atomic E-state index is -0.474. The molecule has 0 saturated heterocycles. The number of benzene rings is 2. The van der Waals surface area contributed by atoms with Gasteiger partial charge in [0.1, 0.15) is 5.75 Å². The first-order chi connectivity index (χ1) is 8.85. The van der Waals surface area contributed by atoms with Crippen LogP contribution < -0.4 is 4.74 Å². The number of para-hydroxylation sites is 1. The summed E-state index contributed by atoms with van der Waals surface area (Å²) in [6.07, 6.45) is 1.68. The number of hydrogen-bond donors (Lipinski definition) is 0. The molecule has 0 amide bonds. The van der Waals surface area contributed by atoms with Gasteiger partial charge in [-0.1, -0.05) is 42.5 Å². The van der Waals surface area contributed by atoms with Gasteiger partial charge in [-0.25, -0.2) is 0 Å². The van der Waals surface area contributed by atoms with Gasteiger partial charge >= 0.3 is 0 Å². The van der Waals surface area contributed by atoms with E-state index in [0.29, 0.717) is 6.61 Å². The lowest BCUT2D eigenvalue weighted by Crippen LogP contribution is -2.42. The molecule has 2 aromatic carbocycles. The van der Waals surface area contributed by atoms with E-state index < -0.39 is 5.79 Å². The third-order valence-electron chi connectivity index (χ3n) is 3.80. The zero-order valence-corrected chi connectivity index (χ0v) is 10.1. The molecule has 0 N–H and O–H groups in total. The molecule has 1 atom stereocenters. The zero-order chi connectivity index (χ0) is 12.0. The van der Waals surface area contributed by atoms with Crippen molar-refractivity contribution in [2.24, 2.45) is 0 Å². The lowest BCUT2D eigenvalue weighted by Gasteiger charge is -2.34. The van der Waals surface area contributed by atoms with Crippen molar-refractivity contribution in [1.82, 2.24) is 0 Å². The Kier molecular flexibility index (Phi) is 2.03. The quantitative estimate of drug-likeness (QED) is 0.702. The first kappa shape index (κ1) is 10.2. The fraction of sp³-hybridized carbons (Fsp3) is 0.250. The Morgan fingerprint density at radius 2 is 1.44 bits per heavy atom. The van der Waals surface area contributed by atoms with Crippen molar-refractivity contribution in [3.63, 3.8) is 0 Å². The number of ether oxygens (including phenoxy) is 2. The molecule has 2 aliphatic heterocycles. The summed E-state index contributed by atoms with van der Waals surface area (Å²) >= 11 is 0. The van der Waals surface area contributed by atoms with E-state index in [1.807, 2.05) is 12.1 Å². The van der Waals surface area contributed by atoms with Crippen molar-refractivity contribution in [1.29, 1.82) is 0 Å². The molecule has 0 aromatic heterocycles. The fourth-order valence-corrected chi connectivity index (χ4v) is 2.88. The molecule has 1 spiro atoms. The fourth-order valence-electron chi connectivity index (χ4n) is 2.88. The van der Waals surface area contributed by atoms with Crippen LogP contribution in [0.1, 0.15) is 16.7 Å².